The van der Waals surface area contributed by atoms with E-state index in [4.69, 9.17) is 11.6 Å². The molecule has 4 aromatic rings. The van der Waals surface area contributed by atoms with Gasteiger partial charge in [0.2, 0.25) is 5.91 Å². The smallest absolute Gasteiger partial charge is 0.256 e. The van der Waals surface area contributed by atoms with E-state index in [1.165, 1.54) is 0 Å². The fraction of sp³-hybridized carbons (Fsp3) is 0.233. The first-order chi connectivity index (χ1) is 18.0. The number of carbonyl (C=O) groups is 2. The number of nitrogens with one attached hydrogen (secondary N) is 1. The lowest BCUT2D eigenvalue weighted by Crippen LogP contribution is -2.56. The number of aromatic nitrogens is 1. The molecule has 1 aromatic heterocycles. The van der Waals surface area contributed by atoms with E-state index in [0.717, 1.165) is 21.9 Å². The fourth-order valence-corrected chi connectivity index (χ4v) is 5.43. The molecule has 6 nitrogen and oxygen atoms in total. The molecule has 188 valence electrons. The zero-order valence-corrected chi connectivity index (χ0v) is 21.4. The Morgan fingerprint density at radius 3 is 2.51 bits per heavy atom. The molecule has 0 saturated carbocycles. The third-order valence-corrected chi connectivity index (χ3v) is 7.26. The first-order valence-electron chi connectivity index (χ1n) is 12.4. The summed E-state index contributed by atoms with van der Waals surface area (Å²) in [6, 6.07) is 25.6. The van der Waals surface area contributed by atoms with Crippen molar-refractivity contribution in [3.8, 4) is 0 Å². The van der Waals surface area contributed by atoms with Gasteiger partial charge in [0.05, 0.1) is 11.6 Å². The number of carbonyl (C=O) groups excluding carboxylic acids is 2. The van der Waals surface area contributed by atoms with Gasteiger partial charge in [-0.2, -0.15) is 0 Å². The highest BCUT2D eigenvalue weighted by molar-refractivity contribution is 6.30. The Labute approximate surface area is 221 Å². The number of amides is 2. The van der Waals surface area contributed by atoms with Crippen LogP contribution < -0.4 is 5.32 Å². The summed E-state index contributed by atoms with van der Waals surface area (Å²) in [5, 5.41) is 5.24. The SMILES string of the molecule is CNC(=O)C[C@@H]1CN(C(=O)c2cncc3ccccc23)CCN1[C@H](c1ccccc1)c1cccc(Cl)c1. The highest BCUT2D eigenvalue weighted by atomic mass is 35.5. The van der Waals surface area contributed by atoms with E-state index in [2.05, 4.69) is 33.4 Å². The molecule has 0 bridgehead atoms. The van der Waals surface area contributed by atoms with E-state index in [9.17, 15) is 9.59 Å². The van der Waals surface area contributed by atoms with Crippen molar-refractivity contribution < 1.29 is 9.59 Å². The summed E-state index contributed by atoms with van der Waals surface area (Å²) in [6.07, 6.45) is 3.69. The molecule has 1 N–H and O–H groups in total. The van der Waals surface area contributed by atoms with Gasteiger partial charge in [-0.25, -0.2) is 0 Å². The lowest BCUT2D eigenvalue weighted by molar-refractivity contribution is -0.122. The summed E-state index contributed by atoms with van der Waals surface area (Å²) in [5.41, 5.74) is 2.75. The number of benzene rings is 3. The number of nitrogens with zero attached hydrogens (tertiary/aromatic N) is 3. The quantitative estimate of drug-likeness (QED) is 0.397. The van der Waals surface area contributed by atoms with Crippen molar-refractivity contribution in [1.29, 1.82) is 0 Å². The predicted octanol–water partition coefficient (Wildman–Crippen LogP) is 4.94. The first-order valence-corrected chi connectivity index (χ1v) is 12.8. The highest BCUT2D eigenvalue weighted by Gasteiger charge is 2.36. The van der Waals surface area contributed by atoms with Gasteiger partial charge in [0.25, 0.3) is 5.91 Å². The predicted molar refractivity (Wildman–Crippen MR) is 147 cm³/mol. The zero-order valence-electron chi connectivity index (χ0n) is 20.7. The number of pyridine rings is 1. The topological polar surface area (TPSA) is 65.5 Å². The molecule has 2 heterocycles. The van der Waals surface area contributed by atoms with Crippen LogP contribution >= 0.6 is 11.6 Å². The van der Waals surface area contributed by atoms with E-state index in [-0.39, 0.29) is 30.3 Å². The molecule has 0 aliphatic carbocycles. The Morgan fingerprint density at radius 1 is 0.973 bits per heavy atom. The lowest BCUT2D eigenvalue weighted by Gasteiger charge is -2.45. The van der Waals surface area contributed by atoms with Crippen LogP contribution in [0.15, 0.2) is 91.3 Å². The highest BCUT2D eigenvalue weighted by Crippen LogP contribution is 2.34. The van der Waals surface area contributed by atoms with Gasteiger partial charge in [0, 0.05) is 61.9 Å². The van der Waals surface area contributed by atoms with Gasteiger partial charge in [-0.3, -0.25) is 19.5 Å². The second-order valence-electron chi connectivity index (χ2n) is 9.30. The average Bonchev–Trinajstić information content (AvgIpc) is 2.94. The van der Waals surface area contributed by atoms with Crippen LogP contribution in [0.3, 0.4) is 0 Å². The van der Waals surface area contributed by atoms with E-state index in [0.29, 0.717) is 30.2 Å². The Bertz CT molecular complexity index is 1410. The van der Waals surface area contributed by atoms with E-state index in [1.54, 1.807) is 19.4 Å². The largest absolute Gasteiger partial charge is 0.359 e. The molecular formula is C30H29ClN4O2. The standard InChI is InChI=1S/C30H29ClN4O2/c1-32-28(36)17-25-20-34(30(37)27-19-33-18-23-10-5-6-13-26(23)27)14-15-35(25)29(21-8-3-2-4-9-21)22-11-7-12-24(31)16-22/h2-13,16,18-19,25,29H,14-15,17,20H2,1H3,(H,32,36)/t25-,29-/m1/s1. The Morgan fingerprint density at radius 2 is 1.73 bits per heavy atom. The zero-order chi connectivity index (χ0) is 25.8. The summed E-state index contributed by atoms with van der Waals surface area (Å²) in [6.45, 7) is 1.58. The summed E-state index contributed by atoms with van der Waals surface area (Å²) < 4.78 is 0. The minimum absolute atomic E-state index is 0.0611. The Hall–Kier alpha value is -3.74. The molecule has 1 aliphatic heterocycles. The Balaban J connectivity index is 1.50. The molecule has 2 atom stereocenters. The molecule has 7 heteroatoms. The minimum atomic E-state index is -0.190. The number of halogens is 1. The molecule has 0 unspecified atom stereocenters. The van der Waals surface area contributed by atoms with Crippen LogP contribution in [0.5, 0.6) is 0 Å². The minimum Gasteiger partial charge on any atom is -0.359 e. The van der Waals surface area contributed by atoms with Gasteiger partial charge < -0.3 is 10.2 Å². The maximum Gasteiger partial charge on any atom is 0.256 e. The van der Waals surface area contributed by atoms with Crippen LogP contribution in [-0.2, 0) is 4.79 Å². The molecule has 2 amide bonds. The van der Waals surface area contributed by atoms with Crippen LogP contribution in [0.1, 0.15) is 33.9 Å². The molecule has 1 fully saturated rings. The molecule has 1 saturated heterocycles. The second-order valence-corrected chi connectivity index (χ2v) is 9.73. The first kappa shape index (κ1) is 24.9. The third kappa shape index (κ3) is 5.36. The van der Waals surface area contributed by atoms with Crippen molar-refractivity contribution in [3.63, 3.8) is 0 Å². The number of rotatable bonds is 6. The summed E-state index contributed by atoms with van der Waals surface area (Å²) >= 11 is 6.40. The molecule has 0 radical (unpaired) electrons. The summed E-state index contributed by atoms with van der Waals surface area (Å²) in [4.78, 5) is 34.8. The van der Waals surface area contributed by atoms with Crippen molar-refractivity contribution in [2.24, 2.45) is 0 Å². The summed E-state index contributed by atoms with van der Waals surface area (Å²) in [7, 11) is 1.64. The van der Waals surface area contributed by atoms with E-state index >= 15 is 0 Å². The Kier molecular flexibility index (Phi) is 7.49. The van der Waals surface area contributed by atoms with Gasteiger partial charge in [0.1, 0.15) is 0 Å². The molecule has 37 heavy (non-hydrogen) atoms. The van der Waals surface area contributed by atoms with Crippen LogP contribution in [0.2, 0.25) is 5.02 Å². The van der Waals surface area contributed by atoms with Crippen molar-refractivity contribution in [2.45, 2.75) is 18.5 Å². The van der Waals surface area contributed by atoms with Crippen molar-refractivity contribution >= 4 is 34.2 Å². The third-order valence-electron chi connectivity index (χ3n) is 7.03. The number of fused-ring (bicyclic) bond motifs is 1. The van der Waals surface area contributed by atoms with Gasteiger partial charge in [-0.1, -0.05) is 78.3 Å². The molecule has 1 aliphatic rings. The summed E-state index contributed by atoms with van der Waals surface area (Å²) in [5.74, 6) is -0.126. The number of hydrogen-bond acceptors (Lipinski definition) is 4. The van der Waals surface area contributed by atoms with E-state index < -0.39 is 0 Å². The second kappa shape index (κ2) is 11.1. The molecule has 5 rings (SSSR count). The van der Waals surface area contributed by atoms with Gasteiger partial charge >= 0.3 is 0 Å². The monoisotopic (exact) mass is 512 g/mol. The van der Waals surface area contributed by atoms with Gasteiger partial charge in [-0.15, -0.1) is 0 Å². The number of piperazine rings is 1. The lowest BCUT2D eigenvalue weighted by atomic mass is 9.93. The van der Waals surface area contributed by atoms with E-state index in [1.807, 2.05) is 65.6 Å². The average molecular weight is 513 g/mol. The van der Waals surface area contributed by atoms with Crippen molar-refractivity contribution in [1.82, 2.24) is 20.1 Å². The van der Waals surface area contributed by atoms with Crippen LogP contribution in [0.4, 0.5) is 0 Å². The fourth-order valence-electron chi connectivity index (χ4n) is 5.24. The normalized spacial score (nSPS) is 16.9. The maximum atomic E-state index is 13.7. The number of hydrogen-bond donors (Lipinski definition) is 1. The van der Waals surface area contributed by atoms with Crippen molar-refractivity contribution in [2.75, 3.05) is 26.7 Å². The van der Waals surface area contributed by atoms with Crippen LogP contribution in [0, 0.1) is 0 Å². The van der Waals surface area contributed by atoms with Crippen LogP contribution in [-0.4, -0.2) is 59.3 Å². The van der Waals surface area contributed by atoms with Crippen LogP contribution in [0.25, 0.3) is 10.8 Å². The van der Waals surface area contributed by atoms with Gasteiger partial charge in [-0.05, 0) is 28.6 Å². The molecular weight excluding hydrogens is 484 g/mol. The van der Waals surface area contributed by atoms with Gasteiger partial charge in [0.15, 0.2) is 0 Å². The van der Waals surface area contributed by atoms with Crippen molar-refractivity contribution in [3.05, 3.63) is 113 Å². The molecule has 0 spiro atoms. The molecule has 3 aromatic carbocycles. The maximum absolute atomic E-state index is 13.7.